The van der Waals surface area contributed by atoms with E-state index < -0.39 is 30.0 Å². The second-order valence-electron chi connectivity index (χ2n) is 12.6. The average Bonchev–Trinajstić information content (AvgIpc) is 3.75. The number of aromatic hydroxyl groups is 1. The molecule has 240 valence electrons. The number of anilines is 1. The van der Waals surface area contributed by atoms with Crippen LogP contribution in [0.2, 0.25) is 0 Å². The molecule has 4 fully saturated rings. The molecule has 4 heterocycles. The van der Waals surface area contributed by atoms with Gasteiger partial charge in [-0.25, -0.2) is 9.78 Å². The van der Waals surface area contributed by atoms with Gasteiger partial charge in [-0.15, -0.1) is 0 Å². The van der Waals surface area contributed by atoms with Crippen LogP contribution in [-0.2, 0) is 23.9 Å². The maximum Gasteiger partial charge on any atom is 0.407 e. The summed E-state index contributed by atoms with van der Waals surface area (Å²) in [6.07, 6.45) is 4.77. The lowest BCUT2D eigenvalue weighted by atomic mass is 9.78. The summed E-state index contributed by atoms with van der Waals surface area (Å²) in [5.74, 6) is -1.11. The van der Waals surface area contributed by atoms with Gasteiger partial charge in [-0.3, -0.25) is 14.4 Å². The van der Waals surface area contributed by atoms with E-state index in [1.165, 1.54) is 28.1 Å². The first-order chi connectivity index (χ1) is 21.1. The van der Waals surface area contributed by atoms with Crippen molar-refractivity contribution >= 4 is 29.6 Å². The molecule has 1 aromatic heterocycles. The van der Waals surface area contributed by atoms with Crippen molar-refractivity contribution in [3.63, 3.8) is 0 Å². The zero-order valence-corrected chi connectivity index (χ0v) is 25.7. The molecule has 0 spiro atoms. The monoisotopic (exact) mass is 612 g/mol. The fourth-order valence-corrected chi connectivity index (χ4v) is 6.37. The molecule has 0 bridgehead atoms. The fourth-order valence-electron chi connectivity index (χ4n) is 6.37. The first-order valence-electron chi connectivity index (χ1n) is 15.6. The maximum absolute atomic E-state index is 14.0. The quantitative estimate of drug-likeness (QED) is 0.436. The van der Waals surface area contributed by atoms with Crippen molar-refractivity contribution in [2.45, 2.75) is 77.5 Å². The highest BCUT2D eigenvalue weighted by Crippen LogP contribution is 2.42. The van der Waals surface area contributed by atoms with Crippen LogP contribution in [0.5, 0.6) is 5.75 Å². The maximum atomic E-state index is 14.0. The van der Waals surface area contributed by atoms with E-state index in [0.717, 1.165) is 31.6 Å². The van der Waals surface area contributed by atoms with E-state index in [1.54, 1.807) is 0 Å². The Labute approximate surface area is 258 Å². The molecule has 3 saturated heterocycles. The number of carbonyl (C=O) groups excluding carboxylic acids is 4. The lowest BCUT2D eigenvalue weighted by Gasteiger charge is -2.33. The molecule has 13 heteroatoms. The van der Waals surface area contributed by atoms with Gasteiger partial charge in [-0.05, 0) is 49.1 Å². The number of nitriles is 1. The number of nitrogens with zero attached hydrogens (tertiary/aromatic N) is 4. The first kappa shape index (κ1) is 33.0. The zero-order valence-electron chi connectivity index (χ0n) is 25.7. The van der Waals surface area contributed by atoms with Gasteiger partial charge in [0.25, 0.3) is 0 Å². The zero-order chi connectivity index (χ0) is 31.8. The number of ether oxygens (including phenoxy) is 2. The van der Waals surface area contributed by atoms with Crippen molar-refractivity contribution in [1.82, 2.24) is 20.1 Å². The predicted molar refractivity (Wildman–Crippen MR) is 159 cm³/mol. The van der Waals surface area contributed by atoms with Crippen molar-refractivity contribution in [2.24, 2.45) is 23.7 Å². The van der Waals surface area contributed by atoms with E-state index >= 15 is 0 Å². The van der Waals surface area contributed by atoms with Crippen molar-refractivity contribution in [1.29, 1.82) is 5.26 Å². The molecule has 1 aromatic rings. The van der Waals surface area contributed by atoms with Gasteiger partial charge in [0.1, 0.15) is 24.7 Å². The third-order valence-corrected chi connectivity index (χ3v) is 8.39. The second-order valence-corrected chi connectivity index (χ2v) is 12.6. The molecule has 3 unspecified atom stereocenters. The largest absolute Gasteiger partial charge is 0.504 e. The van der Waals surface area contributed by atoms with Crippen LogP contribution >= 0.6 is 0 Å². The number of alkyl carbamates (subject to hydrolysis) is 1. The van der Waals surface area contributed by atoms with Crippen LogP contribution in [0, 0.1) is 35.0 Å². The van der Waals surface area contributed by atoms with Crippen LogP contribution in [0.15, 0.2) is 18.3 Å². The molecule has 44 heavy (non-hydrogen) atoms. The molecule has 4 amide bonds. The molecular formula is C31H44N6O7. The van der Waals surface area contributed by atoms with Crippen LogP contribution in [0.1, 0.15) is 59.3 Å². The molecule has 6 atom stereocenters. The highest BCUT2D eigenvalue weighted by Gasteiger charge is 2.51. The number of hydrogen-bond acceptors (Lipinski definition) is 9. The van der Waals surface area contributed by atoms with Gasteiger partial charge in [0.15, 0.2) is 11.6 Å². The third-order valence-electron chi connectivity index (χ3n) is 8.39. The van der Waals surface area contributed by atoms with Gasteiger partial charge < -0.3 is 35.0 Å². The predicted octanol–water partition coefficient (Wildman–Crippen LogP) is 2.66. The summed E-state index contributed by atoms with van der Waals surface area (Å²) in [5.41, 5.74) is 0. The van der Waals surface area contributed by atoms with Crippen molar-refractivity contribution in [2.75, 3.05) is 38.2 Å². The van der Waals surface area contributed by atoms with Crippen LogP contribution in [0.25, 0.3) is 0 Å². The number of fused-ring (bicyclic) bond motifs is 1. The molecule has 0 aromatic carbocycles. The van der Waals surface area contributed by atoms with E-state index in [-0.39, 0.29) is 60.8 Å². The Morgan fingerprint density at radius 3 is 2.59 bits per heavy atom. The van der Waals surface area contributed by atoms with Gasteiger partial charge in [0.05, 0.1) is 25.2 Å². The SMILES string of the molecule is CC(C)C.N#CC1CC(C(=O)Nc2ncccc2O)CN1C(=O)[C@@H]1[C@H]2CCCC[C@H]2CN1C(=O)CNC(=O)OC1CCOC1. The Morgan fingerprint density at radius 2 is 1.91 bits per heavy atom. The molecular weight excluding hydrogens is 568 g/mol. The summed E-state index contributed by atoms with van der Waals surface area (Å²) in [4.78, 5) is 59.4. The molecule has 1 saturated carbocycles. The number of pyridine rings is 1. The van der Waals surface area contributed by atoms with Gasteiger partial charge in [-0.1, -0.05) is 33.6 Å². The lowest BCUT2D eigenvalue weighted by Crippen LogP contribution is -2.53. The summed E-state index contributed by atoms with van der Waals surface area (Å²) in [5, 5.41) is 24.9. The lowest BCUT2D eigenvalue weighted by molar-refractivity contribution is -0.144. The second kappa shape index (κ2) is 15.2. The van der Waals surface area contributed by atoms with Crippen LogP contribution < -0.4 is 10.6 Å². The smallest absolute Gasteiger partial charge is 0.407 e. The van der Waals surface area contributed by atoms with Gasteiger partial charge in [-0.2, -0.15) is 5.26 Å². The average molecular weight is 613 g/mol. The van der Waals surface area contributed by atoms with Gasteiger partial charge >= 0.3 is 6.09 Å². The Morgan fingerprint density at radius 1 is 1.16 bits per heavy atom. The molecule has 3 N–H and O–H groups in total. The number of carbonyl (C=O) groups is 4. The van der Waals surface area contributed by atoms with Gasteiger partial charge in [0.2, 0.25) is 17.7 Å². The van der Waals surface area contributed by atoms with E-state index in [1.807, 2.05) is 0 Å². The van der Waals surface area contributed by atoms with E-state index in [9.17, 15) is 29.5 Å². The van der Waals surface area contributed by atoms with E-state index in [4.69, 9.17) is 9.47 Å². The van der Waals surface area contributed by atoms with Crippen molar-refractivity contribution < 1.29 is 33.8 Å². The van der Waals surface area contributed by atoms with E-state index in [0.29, 0.717) is 26.2 Å². The highest BCUT2D eigenvalue weighted by molar-refractivity contribution is 5.95. The summed E-state index contributed by atoms with van der Waals surface area (Å²) in [7, 11) is 0. The summed E-state index contributed by atoms with van der Waals surface area (Å²) in [6, 6.07) is 3.47. The minimum absolute atomic E-state index is 0.00915. The standard InChI is InChI=1S/C27H34N6O7.C4H10/c28-11-18-10-17(25(36)31-24-21(34)6-3-8-29-24)14-32(18)26(37)23-20-5-2-1-4-16(20)13-33(23)22(35)12-30-27(38)40-19-7-9-39-15-19;1-4(2)3/h3,6,8,16-20,23,34H,1-2,4-5,7,9-10,12-15H2,(H,30,38)(H,29,31,36);4H,1-3H3/t16-,17?,18?,19?,20-,23-;/m0./s1. The van der Waals surface area contributed by atoms with Crippen molar-refractivity contribution in [3.05, 3.63) is 18.3 Å². The number of likely N-dealkylation sites (tertiary alicyclic amines) is 2. The topological polar surface area (TPSA) is 174 Å². The molecule has 0 radical (unpaired) electrons. The fraction of sp³-hybridized carbons (Fsp3) is 0.677. The summed E-state index contributed by atoms with van der Waals surface area (Å²) < 4.78 is 10.5. The number of rotatable bonds is 6. The number of nitrogens with one attached hydrogen (secondary N) is 2. The van der Waals surface area contributed by atoms with Crippen LogP contribution in [0.4, 0.5) is 10.6 Å². The summed E-state index contributed by atoms with van der Waals surface area (Å²) in [6.45, 7) is 7.45. The number of aromatic nitrogens is 1. The van der Waals surface area contributed by atoms with E-state index in [2.05, 4.69) is 42.5 Å². The van der Waals surface area contributed by atoms with Crippen LogP contribution in [-0.4, -0.2) is 94.7 Å². The minimum atomic E-state index is -0.832. The highest BCUT2D eigenvalue weighted by atomic mass is 16.6. The molecule has 3 aliphatic heterocycles. The number of hydrogen-bond donors (Lipinski definition) is 3. The van der Waals surface area contributed by atoms with Crippen LogP contribution in [0.3, 0.4) is 0 Å². The Balaban J connectivity index is 0.00000104. The molecule has 13 nitrogen and oxygen atoms in total. The molecule has 1 aliphatic carbocycles. The third kappa shape index (κ3) is 8.16. The van der Waals surface area contributed by atoms with Crippen molar-refractivity contribution in [3.8, 4) is 11.8 Å². The normalized spacial score (nSPS) is 27.5. The molecule has 5 rings (SSSR count). The summed E-state index contributed by atoms with van der Waals surface area (Å²) >= 11 is 0. The Kier molecular flexibility index (Phi) is 11.4. The molecule has 4 aliphatic rings. The first-order valence-corrected chi connectivity index (χ1v) is 15.6. The van der Waals surface area contributed by atoms with Gasteiger partial charge in [0, 0.05) is 25.7 Å². The minimum Gasteiger partial charge on any atom is -0.504 e. The Bertz CT molecular complexity index is 1230. The number of amides is 4. The Hall–Kier alpha value is -3.92.